The maximum Gasteiger partial charge on any atom is 0.0562 e. The molecule has 3 heteroatoms. The Morgan fingerprint density at radius 3 is 3.09 bits per heavy atom. The number of rotatable bonds is 3. The van der Waals surface area contributed by atoms with Crippen LogP contribution in [0.25, 0.3) is 6.08 Å². The van der Waals surface area contributed by atoms with Gasteiger partial charge in [-0.05, 0) is 12.2 Å². The van der Waals surface area contributed by atoms with Gasteiger partial charge in [-0.1, -0.05) is 12.2 Å². The molecule has 0 aromatic carbocycles. The minimum atomic E-state index is 0.900. The molecule has 0 saturated carbocycles. The van der Waals surface area contributed by atoms with Crippen LogP contribution in [0.15, 0.2) is 18.5 Å². The minimum Gasteiger partial charge on any atom is -0.275 e. The highest BCUT2D eigenvalue weighted by Gasteiger charge is 1.87. The monoisotopic (exact) mass is 168 g/mol. The summed E-state index contributed by atoms with van der Waals surface area (Å²) in [5, 5.41) is 4.04. The molecular formula is C8H12N2S. The van der Waals surface area contributed by atoms with Crippen LogP contribution in [0, 0.1) is 0 Å². The van der Waals surface area contributed by atoms with Gasteiger partial charge in [-0.25, -0.2) is 0 Å². The molecule has 0 N–H and O–H groups in total. The summed E-state index contributed by atoms with van der Waals surface area (Å²) in [6.07, 6.45) is 9.00. The van der Waals surface area contributed by atoms with Crippen LogP contribution in [-0.2, 0) is 7.05 Å². The summed E-state index contributed by atoms with van der Waals surface area (Å²) in [5.41, 5.74) is 1.15. The summed E-state index contributed by atoms with van der Waals surface area (Å²) >= 11 is 4.10. The molecule has 0 saturated heterocycles. The second-order valence-corrected chi connectivity index (χ2v) is 2.81. The summed E-state index contributed by atoms with van der Waals surface area (Å²) < 4.78 is 1.79. The Morgan fingerprint density at radius 1 is 1.73 bits per heavy atom. The minimum absolute atomic E-state index is 0.900. The Labute approximate surface area is 72.3 Å². The molecule has 1 rings (SSSR count). The van der Waals surface area contributed by atoms with Crippen molar-refractivity contribution in [3.8, 4) is 0 Å². The van der Waals surface area contributed by atoms with Gasteiger partial charge in [0.25, 0.3) is 0 Å². The van der Waals surface area contributed by atoms with E-state index in [0.717, 1.165) is 17.7 Å². The fourth-order valence-corrected chi connectivity index (χ4v) is 0.969. The fraction of sp³-hybridized carbons (Fsp3) is 0.375. The van der Waals surface area contributed by atoms with E-state index in [2.05, 4.69) is 29.9 Å². The van der Waals surface area contributed by atoms with E-state index in [1.54, 1.807) is 4.68 Å². The molecule has 1 aromatic rings. The van der Waals surface area contributed by atoms with Gasteiger partial charge in [-0.2, -0.15) is 17.7 Å². The Hall–Kier alpha value is -0.700. The normalized spacial score (nSPS) is 11.1. The molecule has 0 aliphatic carbocycles. The molecule has 0 atom stereocenters. The van der Waals surface area contributed by atoms with Crippen molar-refractivity contribution in [2.24, 2.45) is 7.05 Å². The van der Waals surface area contributed by atoms with Crippen molar-refractivity contribution in [1.29, 1.82) is 0 Å². The smallest absolute Gasteiger partial charge is 0.0562 e. The predicted molar refractivity (Wildman–Crippen MR) is 50.7 cm³/mol. The first-order chi connectivity index (χ1) is 5.33. The molecule has 0 spiro atoms. The summed E-state index contributed by atoms with van der Waals surface area (Å²) in [5.74, 6) is 0.900. The van der Waals surface area contributed by atoms with Crippen LogP contribution in [0.2, 0.25) is 0 Å². The van der Waals surface area contributed by atoms with Crippen molar-refractivity contribution in [1.82, 2.24) is 9.78 Å². The van der Waals surface area contributed by atoms with Gasteiger partial charge in [0.05, 0.1) is 6.20 Å². The summed E-state index contributed by atoms with van der Waals surface area (Å²) in [7, 11) is 1.91. The van der Waals surface area contributed by atoms with E-state index in [4.69, 9.17) is 0 Å². The average Bonchev–Trinajstić information content (AvgIpc) is 2.37. The molecule has 0 unspecified atom stereocenters. The number of aryl methyl sites for hydroxylation is 1. The summed E-state index contributed by atoms with van der Waals surface area (Å²) in [6, 6.07) is 0. The lowest BCUT2D eigenvalue weighted by atomic mass is 10.3. The highest BCUT2D eigenvalue weighted by atomic mass is 32.1. The quantitative estimate of drug-likeness (QED) is 0.681. The number of aromatic nitrogens is 2. The van der Waals surface area contributed by atoms with Gasteiger partial charge in [0, 0.05) is 18.8 Å². The lowest BCUT2D eigenvalue weighted by molar-refractivity contribution is 0.767. The molecule has 0 aliphatic heterocycles. The van der Waals surface area contributed by atoms with Crippen LogP contribution in [0.4, 0.5) is 0 Å². The van der Waals surface area contributed by atoms with Crippen LogP contribution in [0.5, 0.6) is 0 Å². The third-order valence-electron chi connectivity index (χ3n) is 1.33. The van der Waals surface area contributed by atoms with Crippen LogP contribution in [0.3, 0.4) is 0 Å². The van der Waals surface area contributed by atoms with Crippen molar-refractivity contribution < 1.29 is 0 Å². The summed E-state index contributed by atoms with van der Waals surface area (Å²) in [6.45, 7) is 0. The highest BCUT2D eigenvalue weighted by molar-refractivity contribution is 7.80. The van der Waals surface area contributed by atoms with Gasteiger partial charge in [-0.3, -0.25) is 4.68 Å². The van der Waals surface area contributed by atoms with Gasteiger partial charge in [0.1, 0.15) is 0 Å². The van der Waals surface area contributed by atoms with Gasteiger partial charge in [0.15, 0.2) is 0 Å². The second kappa shape index (κ2) is 4.23. The predicted octanol–water partition coefficient (Wildman–Crippen LogP) is 1.75. The molecule has 0 radical (unpaired) electrons. The van der Waals surface area contributed by atoms with E-state index in [1.165, 1.54) is 0 Å². The van der Waals surface area contributed by atoms with Crippen LogP contribution in [-0.4, -0.2) is 15.5 Å². The van der Waals surface area contributed by atoms with Crippen molar-refractivity contribution in [2.75, 3.05) is 5.75 Å². The second-order valence-electron chi connectivity index (χ2n) is 2.36. The fourth-order valence-electron chi connectivity index (χ4n) is 0.820. The standard InChI is InChI=1S/C8H12N2S/c1-10-7-8(6-9-10)4-2-3-5-11/h2,4,6-7,11H,3,5H2,1H3. The van der Waals surface area contributed by atoms with Gasteiger partial charge in [0.2, 0.25) is 0 Å². The van der Waals surface area contributed by atoms with E-state index in [1.807, 2.05) is 19.4 Å². The number of hydrogen-bond donors (Lipinski definition) is 1. The molecule has 1 aromatic heterocycles. The molecule has 0 aliphatic rings. The zero-order valence-electron chi connectivity index (χ0n) is 6.57. The lowest BCUT2D eigenvalue weighted by Crippen LogP contribution is -1.83. The maximum atomic E-state index is 4.10. The highest BCUT2D eigenvalue weighted by Crippen LogP contribution is 2.00. The lowest BCUT2D eigenvalue weighted by Gasteiger charge is -1.83. The van der Waals surface area contributed by atoms with Gasteiger partial charge in [-0.15, -0.1) is 0 Å². The topological polar surface area (TPSA) is 17.8 Å². The first kappa shape index (κ1) is 8.40. The maximum absolute atomic E-state index is 4.10. The Bertz CT molecular complexity index is 240. The van der Waals surface area contributed by atoms with E-state index in [0.29, 0.717) is 0 Å². The number of allylic oxidation sites excluding steroid dienone is 1. The van der Waals surface area contributed by atoms with E-state index in [9.17, 15) is 0 Å². The third kappa shape index (κ3) is 2.80. The van der Waals surface area contributed by atoms with E-state index < -0.39 is 0 Å². The number of nitrogens with zero attached hydrogens (tertiary/aromatic N) is 2. The van der Waals surface area contributed by atoms with Crippen LogP contribution >= 0.6 is 12.6 Å². The Morgan fingerprint density at radius 2 is 2.55 bits per heavy atom. The molecule has 0 fully saturated rings. The number of hydrogen-bond acceptors (Lipinski definition) is 2. The van der Waals surface area contributed by atoms with Crippen molar-refractivity contribution in [3.05, 3.63) is 24.0 Å². The van der Waals surface area contributed by atoms with Crippen molar-refractivity contribution in [2.45, 2.75) is 6.42 Å². The molecule has 1 heterocycles. The first-order valence-electron chi connectivity index (χ1n) is 3.59. The molecular weight excluding hydrogens is 156 g/mol. The van der Waals surface area contributed by atoms with E-state index in [-0.39, 0.29) is 0 Å². The van der Waals surface area contributed by atoms with E-state index >= 15 is 0 Å². The van der Waals surface area contributed by atoms with Gasteiger partial charge < -0.3 is 0 Å². The van der Waals surface area contributed by atoms with Crippen molar-refractivity contribution >= 4 is 18.7 Å². The first-order valence-corrected chi connectivity index (χ1v) is 4.22. The van der Waals surface area contributed by atoms with Crippen molar-refractivity contribution in [3.63, 3.8) is 0 Å². The molecule has 0 amide bonds. The van der Waals surface area contributed by atoms with Gasteiger partial charge >= 0.3 is 0 Å². The zero-order chi connectivity index (χ0) is 8.10. The largest absolute Gasteiger partial charge is 0.275 e. The molecule has 2 nitrogen and oxygen atoms in total. The molecule has 11 heavy (non-hydrogen) atoms. The molecule has 60 valence electrons. The average molecular weight is 168 g/mol. The SMILES string of the molecule is Cn1cc(C=CCCS)cn1. The Kier molecular flexibility index (Phi) is 3.23. The third-order valence-corrected chi connectivity index (χ3v) is 1.59. The molecule has 0 bridgehead atoms. The van der Waals surface area contributed by atoms with Crippen LogP contribution < -0.4 is 0 Å². The van der Waals surface area contributed by atoms with Crippen LogP contribution in [0.1, 0.15) is 12.0 Å². The summed E-state index contributed by atoms with van der Waals surface area (Å²) in [4.78, 5) is 0. The number of thiol groups is 1. The Balaban J connectivity index is 2.50. The zero-order valence-corrected chi connectivity index (χ0v) is 7.46.